The van der Waals surface area contributed by atoms with Crippen molar-refractivity contribution in [1.82, 2.24) is 25.1 Å². The Morgan fingerprint density at radius 2 is 1.89 bits per heavy atom. The standard InChI is InChI=1S/C24H22Cl2N6O2S2/c1-3-32-21(14(2)27-22(34)16-9-10-17(25)18(26)11-16)30-31-24(32)36-13-20(33)29-23-28-19(12-35-23)15-7-5-4-6-8-15/h4-12,14H,3,13H2,1-2H3,(H,27,34)(H,28,29,33)/t14-/m0/s1. The predicted molar refractivity (Wildman–Crippen MR) is 145 cm³/mol. The van der Waals surface area contributed by atoms with Crippen molar-refractivity contribution in [1.29, 1.82) is 0 Å². The van der Waals surface area contributed by atoms with Gasteiger partial charge >= 0.3 is 0 Å². The molecule has 2 heterocycles. The van der Waals surface area contributed by atoms with Crippen molar-refractivity contribution in [3.8, 4) is 11.3 Å². The van der Waals surface area contributed by atoms with Gasteiger partial charge in [0.15, 0.2) is 16.1 Å². The second-order valence-electron chi connectivity index (χ2n) is 7.65. The van der Waals surface area contributed by atoms with Gasteiger partial charge in [0.1, 0.15) is 0 Å². The molecule has 2 aromatic heterocycles. The Hall–Kier alpha value is -2.92. The van der Waals surface area contributed by atoms with E-state index in [9.17, 15) is 9.59 Å². The van der Waals surface area contributed by atoms with E-state index in [0.29, 0.717) is 38.3 Å². The summed E-state index contributed by atoms with van der Waals surface area (Å²) >= 11 is 14.6. The first-order valence-electron chi connectivity index (χ1n) is 11.0. The van der Waals surface area contributed by atoms with Gasteiger partial charge in [-0.25, -0.2) is 4.98 Å². The zero-order valence-corrected chi connectivity index (χ0v) is 22.5. The van der Waals surface area contributed by atoms with Gasteiger partial charge in [0.2, 0.25) is 5.91 Å². The van der Waals surface area contributed by atoms with Gasteiger partial charge in [-0.2, -0.15) is 0 Å². The summed E-state index contributed by atoms with van der Waals surface area (Å²) in [6.45, 7) is 4.34. The average Bonchev–Trinajstić information content (AvgIpc) is 3.51. The Balaban J connectivity index is 1.35. The van der Waals surface area contributed by atoms with Crippen LogP contribution in [-0.4, -0.2) is 37.3 Å². The molecular formula is C24H22Cl2N6O2S2. The number of amides is 2. The van der Waals surface area contributed by atoms with Gasteiger partial charge in [0.25, 0.3) is 5.91 Å². The van der Waals surface area contributed by atoms with Crippen LogP contribution < -0.4 is 10.6 Å². The minimum Gasteiger partial charge on any atom is -0.342 e. The number of thioether (sulfide) groups is 1. The van der Waals surface area contributed by atoms with Crippen molar-refractivity contribution in [3.05, 3.63) is 75.3 Å². The first kappa shape index (κ1) is 26.2. The molecule has 12 heteroatoms. The van der Waals surface area contributed by atoms with Gasteiger partial charge in [0.05, 0.1) is 27.5 Å². The third-order valence-corrected chi connectivity index (χ3v) is 7.59. The van der Waals surface area contributed by atoms with Crippen LogP contribution in [0.1, 0.15) is 36.1 Å². The van der Waals surface area contributed by atoms with E-state index in [-0.39, 0.29) is 17.6 Å². The van der Waals surface area contributed by atoms with Crippen LogP contribution in [0.5, 0.6) is 0 Å². The monoisotopic (exact) mass is 560 g/mol. The zero-order chi connectivity index (χ0) is 25.7. The van der Waals surface area contributed by atoms with Crippen molar-refractivity contribution in [3.63, 3.8) is 0 Å². The molecule has 186 valence electrons. The number of hydrogen-bond acceptors (Lipinski definition) is 7. The van der Waals surface area contributed by atoms with E-state index in [4.69, 9.17) is 23.2 Å². The van der Waals surface area contributed by atoms with E-state index in [1.165, 1.54) is 29.2 Å². The Kier molecular flexibility index (Phi) is 8.63. The van der Waals surface area contributed by atoms with Crippen LogP contribution >= 0.6 is 46.3 Å². The molecule has 0 aliphatic heterocycles. The predicted octanol–water partition coefficient (Wildman–Crippen LogP) is 5.95. The van der Waals surface area contributed by atoms with E-state index < -0.39 is 6.04 Å². The number of thiazole rings is 1. The number of carbonyl (C=O) groups excluding carboxylic acids is 2. The highest BCUT2D eigenvalue weighted by Gasteiger charge is 2.21. The lowest BCUT2D eigenvalue weighted by molar-refractivity contribution is -0.113. The molecule has 0 saturated heterocycles. The molecule has 0 saturated carbocycles. The number of carbonyl (C=O) groups is 2. The fraction of sp³-hybridized carbons (Fsp3) is 0.208. The first-order valence-corrected chi connectivity index (χ1v) is 13.6. The second kappa shape index (κ2) is 11.9. The van der Waals surface area contributed by atoms with E-state index in [0.717, 1.165) is 11.3 Å². The number of nitrogens with zero attached hydrogens (tertiary/aromatic N) is 4. The van der Waals surface area contributed by atoms with Gasteiger partial charge in [-0.15, -0.1) is 21.5 Å². The molecule has 4 rings (SSSR count). The molecule has 0 radical (unpaired) electrons. The number of hydrogen-bond donors (Lipinski definition) is 2. The molecule has 0 bridgehead atoms. The molecule has 0 aliphatic rings. The molecule has 0 fully saturated rings. The first-order chi connectivity index (χ1) is 17.4. The van der Waals surface area contributed by atoms with Gasteiger partial charge in [-0.05, 0) is 32.0 Å². The van der Waals surface area contributed by atoms with E-state index >= 15 is 0 Å². The minimum absolute atomic E-state index is 0.141. The highest BCUT2D eigenvalue weighted by molar-refractivity contribution is 7.99. The van der Waals surface area contributed by atoms with Crippen molar-refractivity contribution < 1.29 is 9.59 Å². The van der Waals surface area contributed by atoms with Gasteiger partial charge in [-0.3, -0.25) is 9.59 Å². The number of rotatable bonds is 9. The minimum atomic E-state index is -0.422. The molecule has 2 aromatic carbocycles. The Morgan fingerprint density at radius 1 is 1.11 bits per heavy atom. The molecule has 4 aromatic rings. The van der Waals surface area contributed by atoms with Crippen LogP contribution in [0.15, 0.2) is 59.1 Å². The fourth-order valence-corrected chi connectivity index (χ4v) is 5.21. The summed E-state index contributed by atoms with van der Waals surface area (Å²) in [7, 11) is 0. The smallest absolute Gasteiger partial charge is 0.251 e. The molecular weight excluding hydrogens is 539 g/mol. The maximum absolute atomic E-state index is 12.6. The van der Waals surface area contributed by atoms with Crippen LogP contribution in [0, 0.1) is 0 Å². The summed E-state index contributed by atoms with van der Waals surface area (Å²) in [5.74, 6) is 0.226. The fourth-order valence-electron chi connectivity index (χ4n) is 3.36. The Morgan fingerprint density at radius 3 is 2.61 bits per heavy atom. The maximum atomic E-state index is 12.6. The Labute approximate surface area is 226 Å². The number of aromatic nitrogens is 4. The summed E-state index contributed by atoms with van der Waals surface area (Å²) < 4.78 is 1.87. The van der Waals surface area contributed by atoms with Crippen molar-refractivity contribution >= 4 is 63.2 Å². The second-order valence-corrected chi connectivity index (χ2v) is 10.3. The normalized spacial score (nSPS) is 11.8. The van der Waals surface area contributed by atoms with Crippen molar-refractivity contribution in [2.75, 3.05) is 11.1 Å². The average molecular weight is 562 g/mol. The third-order valence-electron chi connectivity index (χ3n) is 5.13. The van der Waals surface area contributed by atoms with Gasteiger partial charge in [0, 0.05) is 23.1 Å². The topological polar surface area (TPSA) is 102 Å². The SMILES string of the molecule is CCn1c(SCC(=O)Nc2nc(-c3ccccc3)cs2)nnc1[C@H](C)NC(=O)c1ccc(Cl)c(Cl)c1. The summed E-state index contributed by atoms with van der Waals surface area (Å²) in [4.78, 5) is 29.7. The lowest BCUT2D eigenvalue weighted by Gasteiger charge is -2.15. The van der Waals surface area contributed by atoms with E-state index in [1.807, 2.05) is 54.1 Å². The van der Waals surface area contributed by atoms with Crippen LogP contribution in [0.3, 0.4) is 0 Å². The lowest BCUT2D eigenvalue weighted by Crippen LogP contribution is -2.28. The number of halogens is 2. The quantitative estimate of drug-likeness (QED) is 0.245. The highest BCUT2D eigenvalue weighted by Crippen LogP contribution is 2.26. The molecule has 0 spiro atoms. The highest BCUT2D eigenvalue weighted by atomic mass is 35.5. The van der Waals surface area contributed by atoms with Gasteiger partial charge < -0.3 is 15.2 Å². The summed E-state index contributed by atoms with van der Waals surface area (Å²) in [5, 5.41) is 17.9. The number of benzene rings is 2. The third kappa shape index (κ3) is 6.25. The molecule has 2 N–H and O–H groups in total. The molecule has 0 unspecified atom stereocenters. The van der Waals surface area contributed by atoms with Crippen LogP contribution in [-0.2, 0) is 11.3 Å². The zero-order valence-electron chi connectivity index (χ0n) is 19.4. The lowest BCUT2D eigenvalue weighted by atomic mass is 10.2. The number of anilines is 1. The van der Waals surface area contributed by atoms with Crippen LogP contribution in [0.2, 0.25) is 10.0 Å². The number of nitrogens with one attached hydrogen (secondary N) is 2. The van der Waals surface area contributed by atoms with Gasteiger partial charge in [-0.1, -0.05) is 65.3 Å². The summed E-state index contributed by atoms with van der Waals surface area (Å²) in [5.41, 5.74) is 2.20. The van der Waals surface area contributed by atoms with E-state index in [1.54, 1.807) is 12.1 Å². The molecule has 36 heavy (non-hydrogen) atoms. The summed E-state index contributed by atoms with van der Waals surface area (Å²) in [6.07, 6.45) is 0. The Bertz CT molecular complexity index is 1380. The largest absolute Gasteiger partial charge is 0.342 e. The molecule has 0 aliphatic carbocycles. The van der Waals surface area contributed by atoms with E-state index in [2.05, 4.69) is 25.8 Å². The van der Waals surface area contributed by atoms with Crippen molar-refractivity contribution in [2.24, 2.45) is 0 Å². The van der Waals surface area contributed by atoms with Crippen LogP contribution in [0.25, 0.3) is 11.3 Å². The molecule has 8 nitrogen and oxygen atoms in total. The van der Waals surface area contributed by atoms with Crippen molar-refractivity contribution in [2.45, 2.75) is 31.6 Å². The van der Waals surface area contributed by atoms with Crippen LogP contribution in [0.4, 0.5) is 5.13 Å². The maximum Gasteiger partial charge on any atom is 0.251 e. The molecule has 2 amide bonds. The summed E-state index contributed by atoms with van der Waals surface area (Å²) in [6, 6.07) is 14.1. The molecule has 1 atom stereocenters.